The molecule has 1 aliphatic rings. The Hall–Kier alpha value is -1.41. The number of aromatic nitrogens is 3. The van der Waals surface area contributed by atoms with E-state index in [1.54, 1.807) is 4.68 Å². The molecule has 0 unspecified atom stereocenters. The standard InChI is InChI=1S/C11H16N4O/c1-9-2-4-11(16,5-3-9)7-15-8-13-10(6-12)14-15/h8-9,16H,2-5,7H2,1H3. The van der Waals surface area contributed by atoms with Gasteiger partial charge in [0.2, 0.25) is 0 Å². The van der Waals surface area contributed by atoms with Crippen LogP contribution >= 0.6 is 0 Å². The van der Waals surface area contributed by atoms with Gasteiger partial charge in [-0.1, -0.05) is 6.92 Å². The lowest BCUT2D eigenvalue weighted by Crippen LogP contribution is -2.38. The maximum absolute atomic E-state index is 10.4. The van der Waals surface area contributed by atoms with Crippen LogP contribution in [-0.2, 0) is 6.54 Å². The third kappa shape index (κ3) is 2.39. The molecule has 5 nitrogen and oxygen atoms in total. The molecule has 1 aromatic rings. The monoisotopic (exact) mass is 220 g/mol. The fourth-order valence-electron chi connectivity index (χ4n) is 2.18. The van der Waals surface area contributed by atoms with Gasteiger partial charge in [0.05, 0.1) is 12.1 Å². The van der Waals surface area contributed by atoms with Crippen molar-refractivity contribution < 1.29 is 5.11 Å². The third-order valence-electron chi connectivity index (χ3n) is 3.30. The first kappa shape index (κ1) is 11.1. The number of rotatable bonds is 2. The summed E-state index contributed by atoms with van der Waals surface area (Å²) in [5.41, 5.74) is -0.674. The lowest BCUT2D eigenvalue weighted by Gasteiger charge is -2.34. The first-order chi connectivity index (χ1) is 7.61. The van der Waals surface area contributed by atoms with Crippen LogP contribution in [0.5, 0.6) is 0 Å². The van der Waals surface area contributed by atoms with E-state index in [0.717, 1.165) is 25.7 Å². The molecule has 0 atom stereocenters. The second kappa shape index (κ2) is 4.22. The Morgan fingerprint density at radius 2 is 2.31 bits per heavy atom. The van der Waals surface area contributed by atoms with E-state index >= 15 is 0 Å². The zero-order valence-electron chi connectivity index (χ0n) is 9.43. The van der Waals surface area contributed by atoms with E-state index in [9.17, 15) is 5.11 Å². The van der Waals surface area contributed by atoms with Crippen LogP contribution in [0.15, 0.2) is 6.33 Å². The van der Waals surface area contributed by atoms with Gasteiger partial charge in [0.25, 0.3) is 5.82 Å². The highest BCUT2D eigenvalue weighted by Crippen LogP contribution is 2.32. The predicted molar refractivity (Wildman–Crippen MR) is 57.3 cm³/mol. The van der Waals surface area contributed by atoms with Crippen LogP contribution in [-0.4, -0.2) is 25.5 Å². The topological polar surface area (TPSA) is 74.7 Å². The Labute approximate surface area is 94.7 Å². The summed E-state index contributed by atoms with van der Waals surface area (Å²) in [5, 5.41) is 22.9. The van der Waals surface area contributed by atoms with Gasteiger partial charge >= 0.3 is 0 Å². The summed E-state index contributed by atoms with van der Waals surface area (Å²) >= 11 is 0. The van der Waals surface area contributed by atoms with E-state index in [-0.39, 0.29) is 5.82 Å². The van der Waals surface area contributed by atoms with Crippen LogP contribution in [0.25, 0.3) is 0 Å². The van der Waals surface area contributed by atoms with Crippen molar-refractivity contribution in [3.05, 3.63) is 12.2 Å². The molecule has 0 saturated heterocycles. The van der Waals surface area contributed by atoms with Gasteiger partial charge < -0.3 is 5.11 Å². The van der Waals surface area contributed by atoms with E-state index in [0.29, 0.717) is 12.5 Å². The van der Waals surface area contributed by atoms with E-state index in [2.05, 4.69) is 17.0 Å². The fourth-order valence-corrected chi connectivity index (χ4v) is 2.18. The number of nitrogens with zero attached hydrogens (tertiary/aromatic N) is 4. The average Bonchev–Trinajstić information content (AvgIpc) is 2.70. The molecule has 0 radical (unpaired) electrons. The van der Waals surface area contributed by atoms with Crippen molar-refractivity contribution in [2.24, 2.45) is 5.92 Å². The molecule has 0 aromatic carbocycles. The first-order valence-electron chi connectivity index (χ1n) is 5.63. The average molecular weight is 220 g/mol. The molecule has 1 aromatic heterocycles. The molecule has 5 heteroatoms. The summed E-state index contributed by atoms with van der Waals surface area (Å²) in [5.74, 6) is 0.860. The molecule has 0 aliphatic heterocycles. The second-order valence-corrected chi connectivity index (χ2v) is 4.78. The Bertz CT molecular complexity index is 398. The highest BCUT2D eigenvalue weighted by Gasteiger charge is 2.32. The van der Waals surface area contributed by atoms with Crippen molar-refractivity contribution in [3.8, 4) is 6.07 Å². The molecule has 86 valence electrons. The number of aliphatic hydroxyl groups is 1. The van der Waals surface area contributed by atoms with Crippen molar-refractivity contribution in [1.29, 1.82) is 5.26 Å². The van der Waals surface area contributed by atoms with E-state index in [1.165, 1.54) is 6.33 Å². The molecule has 0 amide bonds. The smallest absolute Gasteiger partial charge is 0.252 e. The zero-order valence-corrected chi connectivity index (χ0v) is 9.43. The molecule has 0 bridgehead atoms. The van der Waals surface area contributed by atoms with Gasteiger partial charge in [-0.2, -0.15) is 5.26 Å². The highest BCUT2D eigenvalue weighted by atomic mass is 16.3. The molecule has 0 spiro atoms. The Morgan fingerprint density at radius 1 is 1.62 bits per heavy atom. The first-order valence-corrected chi connectivity index (χ1v) is 5.63. The molecule has 1 N–H and O–H groups in total. The van der Waals surface area contributed by atoms with Crippen LogP contribution in [0, 0.1) is 17.2 Å². The summed E-state index contributed by atoms with van der Waals surface area (Å²) in [7, 11) is 0. The molecule has 1 aliphatic carbocycles. The van der Waals surface area contributed by atoms with Crippen LogP contribution < -0.4 is 0 Å². The SMILES string of the molecule is CC1CCC(O)(Cn2cnc(C#N)n2)CC1. The highest BCUT2D eigenvalue weighted by molar-refractivity contribution is 5.05. The molecular formula is C11H16N4O. The maximum atomic E-state index is 10.4. The Balaban J connectivity index is 2.01. The van der Waals surface area contributed by atoms with E-state index < -0.39 is 5.60 Å². The second-order valence-electron chi connectivity index (χ2n) is 4.78. The van der Waals surface area contributed by atoms with Gasteiger partial charge in [-0.3, -0.25) is 0 Å². The van der Waals surface area contributed by atoms with Crippen LogP contribution in [0.4, 0.5) is 0 Å². The van der Waals surface area contributed by atoms with Crippen LogP contribution in [0.2, 0.25) is 0 Å². The number of hydrogen-bond acceptors (Lipinski definition) is 4. The van der Waals surface area contributed by atoms with Crippen molar-refractivity contribution >= 4 is 0 Å². The van der Waals surface area contributed by atoms with Crippen molar-refractivity contribution in [2.45, 2.75) is 44.8 Å². The zero-order chi connectivity index (χ0) is 11.6. The van der Waals surface area contributed by atoms with Crippen LogP contribution in [0.3, 0.4) is 0 Å². The molecule has 1 heterocycles. The van der Waals surface area contributed by atoms with E-state index in [1.807, 2.05) is 6.07 Å². The Morgan fingerprint density at radius 3 is 2.88 bits per heavy atom. The fraction of sp³-hybridized carbons (Fsp3) is 0.727. The molecular weight excluding hydrogens is 204 g/mol. The minimum atomic E-state index is -0.674. The summed E-state index contributed by atoms with van der Waals surface area (Å²) in [4.78, 5) is 3.83. The quantitative estimate of drug-likeness (QED) is 0.809. The number of hydrogen-bond donors (Lipinski definition) is 1. The predicted octanol–water partition coefficient (Wildman–Crippen LogP) is 1.09. The lowest BCUT2D eigenvalue weighted by atomic mass is 9.79. The van der Waals surface area contributed by atoms with Crippen molar-refractivity contribution in [2.75, 3.05) is 0 Å². The summed E-state index contributed by atoms with van der Waals surface area (Å²) in [6.45, 7) is 2.65. The van der Waals surface area contributed by atoms with Crippen molar-refractivity contribution in [3.63, 3.8) is 0 Å². The molecule has 1 fully saturated rings. The summed E-state index contributed by atoms with van der Waals surface area (Å²) in [6.07, 6.45) is 5.22. The van der Waals surface area contributed by atoms with Gasteiger partial charge in [0.1, 0.15) is 12.4 Å². The number of nitriles is 1. The van der Waals surface area contributed by atoms with E-state index in [4.69, 9.17) is 5.26 Å². The normalized spacial score (nSPS) is 29.9. The largest absolute Gasteiger partial charge is 0.388 e. The minimum Gasteiger partial charge on any atom is -0.388 e. The van der Waals surface area contributed by atoms with Crippen molar-refractivity contribution in [1.82, 2.24) is 14.8 Å². The molecule has 16 heavy (non-hydrogen) atoms. The minimum absolute atomic E-state index is 0.160. The molecule has 2 rings (SSSR count). The van der Waals surface area contributed by atoms with Gasteiger partial charge in [0, 0.05) is 0 Å². The van der Waals surface area contributed by atoms with Gasteiger partial charge in [-0.25, -0.2) is 9.67 Å². The van der Waals surface area contributed by atoms with Gasteiger partial charge in [0.15, 0.2) is 0 Å². The summed E-state index contributed by atoms with van der Waals surface area (Å²) in [6, 6.07) is 1.88. The third-order valence-corrected chi connectivity index (χ3v) is 3.30. The van der Waals surface area contributed by atoms with Gasteiger partial charge in [-0.15, -0.1) is 5.10 Å². The lowest BCUT2D eigenvalue weighted by molar-refractivity contribution is -0.0244. The van der Waals surface area contributed by atoms with Gasteiger partial charge in [-0.05, 0) is 31.6 Å². The summed E-state index contributed by atoms with van der Waals surface area (Å²) < 4.78 is 1.56. The van der Waals surface area contributed by atoms with Crippen LogP contribution in [0.1, 0.15) is 38.4 Å². The Kier molecular flexibility index (Phi) is 2.92. The maximum Gasteiger partial charge on any atom is 0.252 e. The molecule has 1 saturated carbocycles.